The highest BCUT2D eigenvalue weighted by molar-refractivity contribution is 14.1. The Morgan fingerprint density at radius 1 is 1.33 bits per heavy atom. The average molecular weight is 452 g/mol. The first-order valence-electron chi connectivity index (χ1n) is 7.08. The average Bonchev–Trinajstić information content (AvgIpc) is 2.59. The van der Waals surface area contributed by atoms with Gasteiger partial charge in [0.25, 0.3) is 0 Å². The largest absolute Gasteiger partial charge is 0.493 e. The number of nitrogens with zero attached hydrogens (tertiary/aromatic N) is 1. The first-order chi connectivity index (χ1) is 11.6. The van der Waals surface area contributed by atoms with Gasteiger partial charge < -0.3 is 9.47 Å². The van der Waals surface area contributed by atoms with Crippen molar-refractivity contribution in [3.63, 3.8) is 0 Å². The molecule has 0 saturated heterocycles. The molecule has 5 heteroatoms. The molecule has 0 aliphatic heterocycles. The lowest BCUT2D eigenvalue weighted by Gasteiger charge is -2.12. The summed E-state index contributed by atoms with van der Waals surface area (Å²) < 4.78 is 11.9. The SMILES string of the molecule is C=CCOc1c(I)cc(/C=C(/C#N)c2ccc(Cl)cc2)cc1OC. The number of ether oxygens (including phenoxy) is 2. The molecular formula is C19H15ClINO2. The van der Waals surface area contributed by atoms with E-state index in [0.29, 0.717) is 28.7 Å². The first-order valence-corrected chi connectivity index (χ1v) is 8.53. The molecule has 0 spiro atoms. The second-order valence-corrected chi connectivity index (χ2v) is 6.41. The zero-order valence-electron chi connectivity index (χ0n) is 13.1. The molecular weight excluding hydrogens is 437 g/mol. The Morgan fingerprint density at radius 2 is 2.04 bits per heavy atom. The summed E-state index contributed by atoms with van der Waals surface area (Å²) in [6, 6.07) is 13.2. The van der Waals surface area contributed by atoms with Crippen molar-refractivity contribution < 1.29 is 9.47 Å². The monoisotopic (exact) mass is 451 g/mol. The third kappa shape index (κ3) is 4.53. The molecule has 2 aromatic carbocycles. The second-order valence-electron chi connectivity index (χ2n) is 4.81. The highest BCUT2D eigenvalue weighted by Gasteiger charge is 2.11. The van der Waals surface area contributed by atoms with E-state index in [-0.39, 0.29) is 0 Å². The maximum absolute atomic E-state index is 9.46. The fourth-order valence-electron chi connectivity index (χ4n) is 2.08. The van der Waals surface area contributed by atoms with Crippen molar-refractivity contribution in [1.82, 2.24) is 0 Å². The van der Waals surface area contributed by atoms with Crippen LogP contribution in [0.1, 0.15) is 11.1 Å². The molecule has 3 nitrogen and oxygen atoms in total. The fourth-order valence-corrected chi connectivity index (χ4v) is 2.99. The van der Waals surface area contributed by atoms with Crippen molar-refractivity contribution in [2.75, 3.05) is 13.7 Å². The van der Waals surface area contributed by atoms with Gasteiger partial charge in [0, 0.05) is 5.02 Å². The molecule has 0 N–H and O–H groups in total. The number of allylic oxidation sites excluding steroid dienone is 1. The lowest BCUT2D eigenvalue weighted by molar-refractivity contribution is 0.324. The lowest BCUT2D eigenvalue weighted by atomic mass is 10.0. The summed E-state index contributed by atoms with van der Waals surface area (Å²) in [5.74, 6) is 1.28. The van der Waals surface area contributed by atoms with E-state index in [1.165, 1.54) is 0 Å². The maximum Gasteiger partial charge on any atom is 0.174 e. The molecule has 0 aromatic heterocycles. The Hall–Kier alpha value is -1.97. The lowest BCUT2D eigenvalue weighted by Crippen LogP contribution is -1.99. The smallest absolute Gasteiger partial charge is 0.174 e. The van der Waals surface area contributed by atoms with Crippen LogP contribution in [0.2, 0.25) is 5.02 Å². The minimum atomic E-state index is 0.399. The number of hydrogen-bond donors (Lipinski definition) is 0. The van der Waals surface area contributed by atoms with E-state index in [4.69, 9.17) is 21.1 Å². The molecule has 0 bridgehead atoms. The highest BCUT2D eigenvalue weighted by Crippen LogP contribution is 2.35. The van der Waals surface area contributed by atoms with Crippen molar-refractivity contribution in [3.05, 3.63) is 68.8 Å². The summed E-state index contributed by atoms with van der Waals surface area (Å²) in [6.07, 6.45) is 3.49. The second kappa shape index (κ2) is 8.76. The van der Waals surface area contributed by atoms with Gasteiger partial charge in [0.1, 0.15) is 6.61 Å². The van der Waals surface area contributed by atoms with Crippen molar-refractivity contribution >= 4 is 45.8 Å². The normalized spacial score (nSPS) is 10.8. The quantitative estimate of drug-likeness (QED) is 0.249. The van der Waals surface area contributed by atoms with Crippen LogP contribution in [-0.4, -0.2) is 13.7 Å². The van der Waals surface area contributed by atoms with Crippen LogP contribution < -0.4 is 9.47 Å². The maximum atomic E-state index is 9.46. The number of benzene rings is 2. The number of nitriles is 1. The van der Waals surface area contributed by atoms with Gasteiger partial charge in [-0.2, -0.15) is 5.26 Å². The zero-order chi connectivity index (χ0) is 17.5. The summed E-state index contributed by atoms with van der Waals surface area (Å²) in [6.45, 7) is 4.04. The number of rotatable bonds is 6. The molecule has 0 aliphatic carbocycles. The van der Waals surface area contributed by atoms with Crippen LogP contribution in [-0.2, 0) is 0 Å². The Labute approximate surface area is 160 Å². The van der Waals surface area contributed by atoms with Gasteiger partial charge in [-0.15, -0.1) is 0 Å². The van der Waals surface area contributed by atoms with E-state index >= 15 is 0 Å². The summed E-state index contributed by atoms with van der Waals surface area (Å²) in [7, 11) is 1.59. The first kappa shape index (κ1) is 18.4. The summed E-state index contributed by atoms with van der Waals surface area (Å²) in [5, 5.41) is 10.1. The molecule has 0 amide bonds. The minimum Gasteiger partial charge on any atom is -0.493 e. The molecule has 0 heterocycles. The Bertz CT molecular complexity index is 807. The van der Waals surface area contributed by atoms with Gasteiger partial charge in [0.2, 0.25) is 0 Å². The van der Waals surface area contributed by atoms with Crippen molar-refractivity contribution in [1.29, 1.82) is 5.26 Å². The number of hydrogen-bond acceptors (Lipinski definition) is 3. The molecule has 122 valence electrons. The molecule has 0 radical (unpaired) electrons. The van der Waals surface area contributed by atoms with Gasteiger partial charge in [-0.3, -0.25) is 0 Å². The third-order valence-electron chi connectivity index (χ3n) is 3.18. The fraction of sp³-hybridized carbons (Fsp3) is 0.105. The minimum absolute atomic E-state index is 0.399. The van der Waals surface area contributed by atoms with E-state index in [1.54, 1.807) is 25.3 Å². The molecule has 0 atom stereocenters. The van der Waals surface area contributed by atoms with Crippen LogP contribution in [0.4, 0.5) is 0 Å². The Kier molecular flexibility index (Phi) is 6.71. The van der Waals surface area contributed by atoms with Gasteiger partial charge in [0.05, 0.1) is 22.3 Å². The Balaban J connectivity index is 2.43. The Morgan fingerprint density at radius 3 is 2.62 bits per heavy atom. The van der Waals surface area contributed by atoms with Crippen molar-refractivity contribution in [3.8, 4) is 17.6 Å². The molecule has 0 fully saturated rings. The molecule has 24 heavy (non-hydrogen) atoms. The highest BCUT2D eigenvalue weighted by atomic mass is 127. The van der Waals surface area contributed by atoms with Gasteiger partial charge in [-0.1, -0.05) is 36.4 Å². The molecule has 0 aliphatic rings. The zero-order valence-corrected chi connectivity index (χ0v) is 16.0. The van der Waals surface area contributed by atoms with E-state index in [9.17, 15) is 5.26 Å². The molecule has 2 rings (SSSR count). The topological polar surface area (TPSA) is 42.2 Å². The van der Waals surface area contributed by atoms with Crippen molar-refractivity contribution in [2.24, 2.45) is 0 Å². The summed E-state index contributed by atoms with van der Waals surface area (Å²) in [5.41, 5.74) is 2.21. The van der Waals surface area contributed by atoms with Crippen LogP contribution in [0, 0.1) is 14.9 Å². The van der Waals surface area contributed by atoms with E-state index in [2.05, 4.69) is 35.2 Å². The van der Waals surface area contributed by atoms with E-state index in [1.807, 2.05) is 30.3 Å². The van der Waals surface area contributed by atoms with Crippen LogP contribution in [0.3, 0.4) is 0 Å². The van der Waals surface area contributed by atoms with E-state index in [0.717, 1.165) is 14.7 Å². The van der Waals surface area contributed by atoms with Gasteiger partial charge in [0.15, 0.2) is 11.5 Å². The van der Waals surface area contributed by atoms with Gasteiger partial charge in [-0.25, -0.2) is 0 Å². The van der Waals surface area contributed by atoms with Crippen LogP contribution in [0.5, 0.6) is 11.5 Å². The van der Waals surface area contributed by atoms with Gasteiger partial charge >= 0.3 is 0 Å². The molecule has 2 aromatic rings. The molecule has 0 unspecified atom stereocenters. The number of halogens is 2. The summed E-state index contributed by atoms with van der Waals surface area (Å²) in [4.78, 5) is 0. The predicted octanol–water partition coefficient (Wildman–Crippen LogP) is 5.58. The van der Waals surface area contributed by atoms with Crippen LogP contribution in [0.15, 0.2) is 49.1 Å². The van der Waals surface area contributed by atoms with Crippen molar-refractivity contribution in [2.45, 2.75) is 0 Å². The van der Waals surface area contributed by atoms with E-state index < -0.39 is 0 Å². The van der Waals surface area contributed by atoms with Gasteiger partial charge in [-0.05, 0) is 64.1 Å². The molecule has 0 saturated carbocycles. The summed E-state index contributed by atoms with van der Waals surface area (Å²) >= 11 is 8.08. The predicted molar refractivity (Wildman–Crippen MR) is 106 cm³/mol. The van der Waals surface area contributed by atoms with Crippen LogP contribution in [0.25, 0.3) is 11.6 Å². The number of methoxy groups -OCH3 is 1. The van der Waals surface area contributed by atoms with Crippen LogP contribution >= 0.6 is 34.2 Å². The standard InChI is InChI=1S/C19H15ClINO2/c1-3-8-24-19-17(21)10-13(11-18(19)23-2)9-15(12-22)14-4-6-16(20)7-5-14/h3-7,9-11H,1,8H2,2H3/b15-9-. The third-order valence-corrected chi connectivity index (χ3v) is 4.24.